The minimum Gasteiger partial charge on any atom is -0.369 e. The number of pyridine rings is 1. The Balaban J connectivity index is 1.95. The molecule has 0 saturated heterocycles. The number of nitrogens with one attached hydrogen (secondary N) is 2. The van der Waals surface area contributed by atoms with Crippen LogP contribution in [0.2, 0.25) is 0 Å². The zero-order valence-corrected chi connectivity index (χ0v) is 12.3. The Morgan fingerprint density at radius 3 is 2.81 bits per heavy atom. The molecule has 2 aromatic heterocycles. The summed E-state index contributed by atoms with van der Waals surface area (Å²) in [6.07, 6.45) is 5.80. The van der Waals surface area contributed by atoms with Gasteiger partial charge in [-0.3, -0.25) is 14.8 Å². The molecule has 6 heteroatoms. The van der Waals surface area contributed by atoms with E-state index in [1.807, 2.05) is 19.1 Å². The lowest BCUT2D eigenvalue weighted by molar-refractivity contribution is 0.0945. The number of hydrogen-bond donors (Lipinski definition) is 2. The molecule has 0 aliphatic rings. The highest BCUT2D eigenvalue weighted by Gasteiger charge is 2.08. The molecule has 0 atom stereocenters. The average Bonchev–Trinajstić information content (AvgIpc) is 2.52. The van der Waals surface area contributed by atoms with Crippen LogP contribution in [0.25, 0.3) is 0 Å². The molecule has 0 fully saturated rings. The van der Waals surface area contributed by atoms with Gasteiger partial charge >= 0.3 is 0 Å². The van der Waals surface area contributed by atoms with Gasteiger partial charge in [0.1, 0.15) is 11.5 Å². The van der Waals surface area contributed by atoms with Crippen LogP contribution >= 0.6 is 0 Å². The molecule has 6 nitrogen and oxygen atoms in total. The predicted molar refractivity (Wildman–Crippen MR) is 81.0 cm³/mol. The highest BCUT2D eigenvalue weighted by Crippen LogP contribution is 2.03. The second-order valence-corrected chi connectivity index (χ2v) is 4.71. The van der Waals surface area contributed by atoms with Crippen molar-refractivity contribution in [2.45, 2.75) is 26.8 Å². The topological polar surface area (TPSA) is 79.8 Å². The van der Waals surface area contributed by atoms with Crippen LogP contribution in [0.5, 0.6) is 0 Å². The monoisotopic (exact) mass is 285 g/mol. The molecule has 1 amide bonds. The smallest absolute Gasteiger partial charge is 0.271 e. The van der Waals surface area contributed by atoms with Gasteiger partial charge in [0.25, 0.3) is 5.91 Å². The molecule has 21 heavy (non-hydrogen) atoms. The van der Waals surface area contributed by atoms with Crippen LogP contribution < -0.4 is 10.6 Å². The molecule has 2 rings (SSSR count). The van der Waals surface area contributed by atoms with Crippen molar-refractivity contribution >= 4 is 11.7 Å². The van der Waals surface area contributed by atoms with Gasteiger partial charge in [-0.05, 0) is 25.0 Å². The maximum atomic E-state index is 12.0. The molecule has 2 aromatic rings. The van der Waals surface area contributed by atoms with E-state index in [0.717, 1.165) is 24.2 Å². The highest BCUT2D eigenvalue weighted by molar-refractivity contribution is 5.92. The van der Waals surface area contributed by atoms with E-state index in [1.165, 1.54) is 6.20 Å². The fraction of sp³-hybridized carbons (Fsp3) is 0.333. The third-order valence-electron chi connectivity index (χ3n) is 2.85. The molecule has 0 saturated carbocycles. The zero-order chi connectivity index (χ0) is 15.1. The number of nitrogens with zero attached hydrogens (tertiary/aromatic N) is 3. The Hall–Kier alpha value is -2.50. The summed E-state index contributed by atoms with van der Waals surface area (Å²) < 4.78 is 0. The van der Waals surface area contributed by atoms with E-state index in [9.17, 15) is 4.79 Å². The molecule has 0 spiro atoms. The van der Waals surface area contributed by atoms with E-state index >= 15 is 0 Å². The van der Waals surface area contributed by atoms with Crippen molar-refractivity contribution in [3.05, 3.63) is 47.7 Å². The summed E-state index contributed by atoms with van der Waals surface area (Å²) in [5.74, 6) is 0.365. The molecule has 2 N–H and O–H groups in total. The Labute approximate surface area is 124 Å². The van der Waals surface area contributed by atoms with Crippen LogP contribution in [0.4, 0.5) is 5.82 Å². The van der Waals surface area contributed by atoms with Gasteiger partial charge in [-0.25, -0.2) is 4.98 Å². The first-order valence-electron chi connectivity index (χ1n) is 6.94. The Morgan fingerprint density at radius 1 is 1.24 bits per heavy atom. The standard InChI is InChI=1S/C15H19N5O/c1-3-6-17-14-10-16-9-13(20-14)15(21)19-8-12-5-4-11(2)18-7-12/h4-5,7,9-10H,3,6,8H2,1-2H3,(H,17,20)(H,19,21). The number of carbonyl (C=O) groups is 1. The minimum absolute atomic E-state index is 0.247. The van der Waals surface area contributed by atoms with Crippen molar-refractivity contribution in [2.75, 3.05) is 11.9 Å². The molecule has 0 aliphatic carbocycles. The van der Waals surface area contributed by atoms with E-state index in [4.69, 9.17) is 0 Å². The van der Waals surface area contributed by atoms with Crippen molar-refractivity contribution < 1.29 is 4.79 Å². The Kier molecular flexibility index (Phi) is 5.20. The lowest BCUT2D eigenvalue weighted by Crippen LogP contribution is -2.24. The lowest BCUT2D eigenvalue weighted by Gasteiger charge is -2.07. The normalized spacial score (nSPS) is 10.2. The summed E-state index contributed by atoms with van der Waals surface area (Å²) in [6, 6.07) is 3.85. The van der Waals surface area contributed by atoms with Crippen molar-refractivity contribution in [1.82, 2.24) is 20.3 Å². The maximum absolute atomic E-state index is 12.0. The van der Waals surface area contributed by atoms with E-state index in [0.29, 0.717) is 18.1 Å². The number of aryl methyl sites for hydroxylation is 1. The predicted octanol–water partition coefficient (Wildman–Crippen LogP) is 1.93. The third-order valence-corrected chi connectivity index (χ3v) is 2.85. The number of carbonyl (C=O) groups excluding carboxylic acids is 1. The van der Waals surface area contributed by atoms with Gasteiger partial charge in [0.2, 0.25) is 0 Å². The number of anilines is 1. The van der Waals surface area contributed by atoms with E-state index in [2.05, 4.69) is 32.5 Å². The van der Waals surface area contributed by atoms with Crippen molar-refractivity contribution in [2.24, 2.45) is 0 Å². The maximum Gasteiger partial charge on any atom is 0.271 e. The summed E-state index contributed by atoms with van der Waals surface area (Å²) in [5, 5.41) is 5.91. The van der Waals surface area contributed by atoms with Gasteiger partial charge in [0.05, 0.1) is 12.4 Å². The second kappa shape index (κ2) is 7.33. The van der Waals surface area contributed by atoms with Crippen LogP contribution in [0.1, 0.15) is 35.1 Å². The van der Waals surface area contributed by atoms with Crippen LogP contribution in [-0.4, -0.2) is 27.4 Å². The van der Waals surface area contributed by atoms with Crippen LogP contribution in [0.15, 0.2) is 30.7 Å². The van der Waals surface area contributed by atoms with Crippen molar-refractivity contribution in [3.63, 3.8) is 0 Å². The van der Waals surface area contributed by atoms with Gasteiger partial charge in [-0.15, -0.1) is 0 Å². The third kappa shape index (κ3) is 4.52. The van der Waals surface area contributed by atoms with Gasteiger partial charge in [0, 0.05) is 25.0 Å². The van der Waals surface area contributed by atoms with Gasteiger partial charge in [0.15, 0.2) is 0 Å². The molecule has 0 aliphatic heterocycles. The van der Waals surface area contributed by atoms with E-state index in [-0.39, 0.29) is 5.91 Å². The number of aromatic nitrogens is 3. The zero-order valence-electron chi connectivity index (χ0n) is 12.3. The Morgan fingerprint density at radius 2 is 2.10 bits per heavy atom. The summed E-state index contributed by atoms with van der Waals surface area (Å²) >= 11 is 0. The van der Waals surface area contributed by atoms with E-state index in [1.54, 1.807) is 12.4 Å². The number of amides is 1. The fourth-order valence-electron chi connectivity index (χ4n) is 1.69. The molecular weight excluding hydrogens is 266 g/mol. The molecule has 0 bridgehead atoms. The quantitative estimate of drug-likeness (QED) is 0.847. The van der Waals surface area contributed by atoms with Crippen LogP contribution in [0, 0.1) is 6.92 Å². The summed E-state index contributed by atoms with van der Waals surface area (Å²) in [6.45, 7) is 5.20. The fourth-order valence-corrected chi connectivity index (χ4v) is 1.69. The Bertz CT molecular complexity index is 597. The van der Waals surface area contributed by atoms with Crippen LogP contribution in [0.3, 0.4) is 0 Å². The molecule has 2 heterocycles. The molecule has 0 unspecified atom stereocenters. The highest BCUT2D eigenvalue weighted by atomic mass is 16.1. The molecular formula is C15H19N5O. The SMILES string of the molecule is CCCNc1cncc(C(=O)NCc2ccc(C)nc2)n1. The first-order valence-corrected chi connectivity index (χ1v) is 6.94. The number of rotatable bonds is 6. The minimum atomic E-state index is -0.247. The molecule has 0 radical (unpaired) electrons. The lowest BCUT2D eigenvalue weighted by atomic mass is 10.2. The summed E-state index contributed by atoms with van der Waals surface area (Å²) in [4.78, 5) is 24.5. The van der Waals surface area contributed by atoms with Crippen LogP contribution in [-0.2, 0) is 6.54 Å². The summed E-state index contributed by atoms with van der Waals surface area (Å²) in [7, 11) is 0. The van der Waals surface area contributed by atoms with Crippen molar-refractivity contribution in [3.8, 4) is 0 Å². The van der Waals surface area contributed by atoms with E-state index < -0.39 is 0 Å². The second-order valence-electron chi connectivity index (χ2n) is 4.71. The largest absolute Gasteiger partial charge is 0.369 e. The van der Waals surface area contributed by atoms with Gasteiger partial charge in [-0.1, -0.05) is 13.0 Å². The van der Waals surface area contributed by atoms with Crippen molar-refractivity contribution in [1.29, 1.82) is 0 Å². The molecule has 110 valence electrons. The first-order chi connectivity index (χ1) is 10.2. The summed E-state index contributed by atoms with van der Waals surface area (Å²) in [5.41, 5.74) is 2.20. The average molecular weight is 285 g/mol. The number of hydrogen-bond acceptors (Lipinski definition) is 5. The first kappa shape index (κ1) is 14.9. The van der Waals surface area contributed by atoms with Gasteiger partial charge in [-0.2, -0.15) is 0 Å². The van der Waals surface area contributed by atoms with Gasteiger partial charge < -0.3 is 10.6 Å². The molecule has 0 aromatic carbocycles.